The summed E-state index contributed by atoms with van der Waals surface area (Å²) in [6, 6.07) is 16.1. The fraction of sp³-hybridized carbons (Fsp3) is 0.0769. The van der Waals surface area contributed by atoms with Gasteiger partial charge in [-0.25, -0.2) is 9.59 Å². The number of nitrogens with one attached hydrogen (secondary N) is 2. The molecule has 0 heterocycles. The Morgan fingerprint density at radius 1 is 0.861 bits per heavy atom. The lowest BCUT2D eigenvalue weighted by Gasteiger charge is -2.15. The minimum Gasteiger partial charge on any atom is -0.480 e. The third-order valence-electron chi connectivity index (χ3n) is 5.01. The molecule has 0 aliphatic carbocycles. The van der Waals surface area contributed by atoms with E-state index in [1.807, 2.05) is 0 Å². The monoisotopic (exact) mass is 526 g/mol. The number of carboxylic acid groups (broad SMARTS) is 2. The third-order valence-corrected chi connectivity index (χ3v) is 5.64. The Balaban J connectivity index is 1.67. The second-order valence-electron chi connectivity index (χ2n) is 7.61. The first-order chi connectivity index (χ1) is 17.1. The molecule has 0 aliphatic heterocycles. The molecule has 3 rings (SSSR count). The van der Waals surface area contributed by atoms with Gasteiger partial charge in [0.25, 0.3) is 11.8 Å². The van der Waals surface area contributed by atoms with Crippen LogP contribution in [0.25, 0.3) is 6.08 Å². The van der Waals surface area contributed by atoms with Crippen molar-refractivity contribution in [2.75, 3.05) is 5.32 Å². The highest BCUT2D eigenvalue weighted by atomic mass is 35.5. The maximum atomic E-state index is 12.6. The third kappa shape index (κ3) is 7.18. The van der Waals surface area contributed by atoms with Crippen molar-refractivity contribution in [1.29, 1.82) is 0 Å². The Morgan fingerprint density at radius 3 is 2.11 bits per heavy atom. The molecule has 0 saturated heterocycles. The van der Waals surface area contributed by atoms with E-state index >= 15 is 0 Å². The van der Waals surface area contributed by atoms with Crippen LogP contribution in [0.4, 0.5) is 5.69 Å². The molecule has 2 amide bonds. The van der Waals surface area contributed by atoms with Gasteiger partial charge in [0, 0.05) is 23.7 Å². The molecule has 8 nitrogen and oxygen atoms in total. The summed E-state index contributed by atoms with van der Waals surface area (Å²) in [5.41, 5.74) is 1.86. The SMILES string of the molecule is O=C(O)/C=C/c1cccc(C(=O)N[C@@H](Cc2ccc(NC(=O)c3c(Cl)cccc3Cl)cc2)C(=O)O)c1. The maximum absolute atomic E-state index is 12.6. The number of anilines is 1. The zero-order valence-electron chi connectivity index (χ0n) is 18.6. The first kappa shape index (κ1) is 26.5. The van der Waals surface area contributed by atoms with Gasteiger partial charge in [0.05, 0.1) is 15.6 Å². The molecule has 3 aromatic carbocycles. The number of hydrogen-bond donors (Lipinski definition) is 4. The topological polar surface area (TPSA) is 133 Å². The van der Waals surface area contributed by atoms with Crippen molar-refractivity contribution in [3.8, 4) is 0 Å². The number of carboxylic acids is 2. The van der Waals surface area contributed by atoms with Gasteiger partial charge in [-0.05, 0) is 53.6 Å². The molecular weight excluding hydrogens is 507 g/mol. The molecule has 0 spiro atoms. The number of carbonyl (C=O) groups is 4. The predicted octanol–water partition coefficient (Wildman–Crippen LogP) is 4.77. The van der Waals surface area contributed by atoms with E-state index in [1.54, 1.807) is 54.6 Å². The summed E-state index contributed by atoms with van der Waals surface area (Å²) in [6.45, 7) is 0. The standard InChI is InChI=1S/C26H20Cl2N2O6/c27-19-5-2-6-20(28)23(19)25(34)29-18-10-7-16(8-11-18)14-21(26(35)36)30-24(33)17-4-1-3-15(13-17)9-12-22(31)32/h1-13,21H,14H2,(H,29,34)(H,30,33)(H,31,32)(H,35,36)/b12-9+/t21-/m0/s1. The highest BCUT2D eigenvalue weighted by Crippen LogP contribution is 2.25. The Kier molecular flexibility index (Phi) is 8.83. The van der Waals surface area contributed by atoms with Gasteiger partial charge in [-0.1, -0.05) is 53.5 Å². The number of halogens is 2. The lowest BCUT2D eigenvalue weighted by atomic mass is 10.0. The van der Waals surface area contributed by atoms with Gasteiger partial charge < -0.3 is 20.8 Å². The molecule has 3 aromatic rings. The van der Waals surface area contributed by atoms with Crippen LogP contribution in [-0.4, -0.2) is 40.0 Å². The predicted molar refractivity (Wildman–Crippen MR) is 137 cm³/mol. The quantitative estimate of drug-likeness (QED) is 0.297. The van der Waals surface area contributed by atoms with Crippen molar-refractivity contribution in [1.82, 2.24) is 5.32 Å². The van der Waals surface area contributed by atoms with Crippen LogP contribution in [-0.2, 0) is 16.0 Å². The molecule has 0 saturated carbocycles. The van der Waals surface area contributed by atoms with E-state index < -0.39 is 29.8 Å². The van der Waals surface area contributed by atoms with Crippen LogP contribution in [0, 0.1) is 0 Å². The van der Waals surface area contributed by atoms with E-state index in [-0.39, 0.29) is 27.6 Å². The number of rotatable bonds is 9. The fourth-order valence-electron chi connectivity index (χ4n) is 3.26. The van der Waals surface area contributed by atoms with Crippen molar-refractivity contribution in [3.05, 3.63) is 105 Å². The summed E-state index contributed by atoms with van der Waals surface area (Å²) >= 11 is 12.1. The van der Waals surface area contributed by atoms with Gasteiger partial charge >= 0.3 is 11.9 Å². The second-order valence-corrected chi connectivity index (χ2v) is 8.43. The molecule has 10 heteroatoms. The van der Waals surface area contributed by atoms with Crippen LogP contribution in [0.3, 0.4) is 0 Å². The largest absolute Gasteiger partial charge is 0.480 e. The number of amides is 2. The van der Waals surface area contributed by atoms with Gasteiger partial charge in [0.2, 0.25) is 0 Å². The molecule has 4 N–H and O–H groups in total. The van der Waals surface area contributed by atoms with Crippen molar-refractivity contribution < 1.29 is 29.4 Å². The zero-order chi connectivity index (χ0) is 26.2. The molecule has 184 valence electrons. The first-order valence-electron chi connectivity index (χ1n) is 10.5. The Labute approximate surface area is 216 Å². The Bertz CT molecular complexity index is 1320. The van der Waals surface area contributed by atoms with Crippen LogP contribution >= 0.6 is 23.2 Å². The highest BCUT2D eigenvalue weighted by Gasteiger charge is 2.21. The molecule has 0 radical (unpaired) electrons. The molecule has 1 atom stereocenters. The molecule has 0 bridgehead atoms. The number of carbonyl (C=O) groups excluding carboxylic acids is 2. The lowest BCUT2D eigenvalue weighted by Crippen LogP contribution is -2.42. The van der Waals surface area contributed by atoms with E-state index in [0.29, 0.717) is 16.8 Å². The normalized spacial score (nSPS) is 11.6. The van der Waals surface area contributed by atoms with Crippen LogP contribution < -0.4 is 10.6 Å². The minimum atomic E-state index is -1.23. The molecule has 0 aliphatic rings. The maximum Gasteiger partial charge on any atom is 0.328 e. The number of aliphatic carboxylic acids is 2. The van der Waals surface area contributed by atoms with Gasteiger partial charge in [0.15, 0.2) is 0 Å². The summed E-state index contributed by atoms with van der Waals surface area (Å²) in [4.78, 5) is 47.6. The molecule has 0 aromatic heterocycles. The van der Waals surface area contributed by atoms with Crippen LogP contribution in [0.15, 0.2) is 72.8 Å². The van der Waals surface area contributed by atoms with Crippen LogP contribution in [0.2, 0.25) is 10.0 Å². The Morgan fingerprint density at radius 2 is 1.50 bits per heavy atom. The summed E-state index contributed by atoms with van der Waals surface area (Å²) in [5, 5.41) is 23.9. The van der Waals surface area contributed by atoms with E-state index in [0.717, 1.165) is 6.08 Å². The van der Waals surface area contributed by atoms with Crippen LogP contribution in [0.1, 0.15) is 31.8 Å². The minimum absolute atomic E-state index is 0.00967. The first-order valence-corrected chi connectivity index (χ1v) is 11.3. The highest BCUT2D eigenvalue weighted by molar-refractivity contribution is 6.40. The zero-order valence-corrected chi connectivity index (χ0v) is 20.1. The molecule has 0 fully saturated rings. The van der Waals surface area contributed by atoms with E-state index in [4.69, 9.17) is 28.3 Å². The summed E-state index contributed by atoms with van der Waals surface area (Å²) in [7, 11) is 0. The average Bonchev–Trinajstić information content (AvgIpc) is 2.83. The van der Waals surface area contributed by atoms with Crippen molar-refractivity contribution in [3.63, 3.8) is 0 Å². The molecular formula is C26H20Cl2N2O6. The van der Waals surface area contributed by atoms with Crippen molar-refractivity contribution in [2.45, 2.75) is 12.5 Å². The summed E-state index contributed by atoms with van der Waals surface area (Å²) < 4.78 is 0. The number of benzene rings is 3. The van der Waals surface area contributed by atoms with Crippen molar-refractivity contribution >= 4 is 58.7 Å². The smallest absolute Gasteiger partial charge is 0.328 e. The van der Waals surface area contributed by atoms with Gasteiger partial charge in [-0.2, -0.15) is 0 Å². The number of hydrogen-bond acceptors (Lipinski definition) is 4. The average molecular weight is 527 g/mol. The molecule has 0 unspecified atom stereocenters. The van der Waals surface area contributed by atoms with E-state index in [2.05, 4.69) is 10.6 Å². The second kappa shape index (κ2) is 12.0. The summed E-state index contributed by atoms with van der Waals surface area (Å²) in [6.07, 6.45) is 2.25. The van der Waals surface area contributed by atoms with E-state index in [1.165, 1.54) is 18.2 Å². The van der Waals surface area contributed by atoms with E-state index in [9.17, 15) is 24.3 Å². The van der Waals surface area contributed by atoms with Crippen LogP contribution in [0.5, 0.6) is 0 Å². The fourth-order valence-corrected chi connectivity index (χ4v) is 3.83. The van der Waals surface area contributed by atoms with Gasteiger partial charge in [-0.15, -0.1) is 0 Å². The molecule has 36 heavy (non-hydrogen) atoms. The Hall–Kier alpha value is -4.14. The van der Waals surface area contributed by atoms with Gasteiger partial charge in [-0.3, -0.25) is 9.59 Å². The van der Waals surface area contributed by atoms with Gasteiger partial charge in [0.1, 0.15) is 6.04 Å². The van der Waals surface area contributed by atoms with Crippen molar-refractivity contribution in [2.24, 2.45) is 0 Å². The lowest BCUT2D eigenvalue weighted by molar-refractivity contribution is -0.139. The summed E-state index contributed by atoms with van der Waals surface area (Å²) in [5.74, 6) is -3.46.